The standard InChI is InChI=1S/C19H30N2O3S/c1-13(2)18(17-9-8-14(3)11-15(17)4)20-19(22)16-7-6-10-21(12-16)25(5,23)24/h8-9,11,13,16,18H,6-7,10,12H2,1-5H3,(H,20,22)/t16-,18+/m0/s1. The highest BCUT2D eigenvalue weighted by molar-refractivity contribution is 7.88. The van der Waals surface area contributed by atoms with Crippen molar-refractivity contribution in [3.05, 3.63) is 34.9 Å². The van der Waals surface area contributed by atoms with Crippen LogP contribution in [-0.4, -0.2) is 38.0 Å². The summed E-state index contributed by atoms with van der Waals surface area (Å²) in [6.45, 7) is 9.09. The number of nitrogens with zero attached hydrogens (tertiary/aromatic N) is 1. The Morgan fingerprint density at radius 3 is 2.52 bits per heavy atom. The lowest BCUT2D eigenvalue weighted by Crippen LogP contribution is -2.46. The van der Waals surface area contributed by atoms with Gasteiger partial charge in [0, 0.05) is 13.1 Å². The van der Waals surface area contributed by atoms with E-state index in [1.54, 1.807) is 0 Å². The third-order valence-electron chi connectivity index (χ3n) is 4.95. The number of hydrogen-bond donors (Lipinski definition) is 1. The van der Waals surface area contributed by atoms with Crippen LogP contribution in [0.1, 0.15) is 49.4 Å². The predicted molar refractivity (Wildman–Crippen MR) is 101 cm³/mol. The van der Waals surface area contributed by atoms with Crippen LogP contribution >= 0.6 is 0 Å². The zero-order valence-corrected chi connectivity index (χ0v) is 16.7. The number of rotatable bonds is 5. The fourth-order valence-electron chi connectivity index (χ4n) is 3.51. The van der Waals surface area contributed by atoms with Crippen molar-refractivity contribution >= 4 is 15.9 Å². The number of hydrogen-bond acceptors (Lipinski definition) is 3. The largest absolute Gasteiger partial charge is 0.349 e. The summed E-state index contributed by atoms with van der Waals surface area (Å²) in [5.74, 6) is -0.0811. The molecule has 25 heavy (non-hydrogen) atoms. The normalized spacial score (nSPS) is 20.5. The van der Waals surface area contributed by atoms with Crippen LogP contribution in [0.4, 0.5) is 0 Å². The van der Waals surface area contributed by atoms with Crippen LogP contribution in [0.15, 0.2) is 18.2 Å². The van der Waals surface area contributed by atoms with E-state index >= 15 is 0 Å². The van der Waals surface area contributed by atoms with Gasteiger partial charge in [0.1, 0.15) is 0 Å². The van der Waals surface area contributed by atoms with Gasteiger partial charge >= 0.3 is 0 Å². The van der Waals surface area contributed by atoms with Gasteiger partial charge in [0.2, 0.25) is 15.9 Å². The fraction of sp³-hybridized carbons (Fsp3) is 0.632. The summed E-state index contributed by atoms with van der Waals surface area (Å²) in [7, 11) is -3.25. The highest BCUT2D eigenvalue weighted by Gasteiger charge is 2.32. The summed E-state index contributed by atoms with van der Waals surface area (Å²) in [6.07, 6.45) is 2.66. The molecule has 5 nitrogen and oxygen atoms in total. The van der Waals surface area contributed by atoms with Crippen molar-refractivity contribution in [1.82, 2.24) is 9.62 Å². The van der Waals surface area contributed by atoms with E-state index in [-0.39, 0.29) is 30.3 Å². The maximum atomic E-state index is 12.8. The van der Waals surface area contributed by atoms with Gasteiger partial charge in [0.25, 0.3) is 0 Å². The van der Waals surface area contributed by atoms with Gasteiger partial charge in [-0.1, -0.05) is 37.6 Å². The molecule has 6 heteroatoms. The number of benzene rings is 1. The minimum absolute atomic E-state index is 0.0491. The first kappa shape index (κ1) is 19.9. The molecular weight excluding hydrogens is 336 g/mol. The SMILES string of the molecule is Cc1ccc([C@H](NC(=O)[C@H]2CCCN(S(C)(=O)=O)C2)C(C)C)c(C)c1. The van der Waals surface area contributed by atoms with E-state index in [0.717, 1.165) is 18.4 Å². The molecule has 0 aliphatic carbocycles. The van der Waals surface area contributed by atoms with Crippen LogP contribution in [0, 0.1) is 25.7 Å². The Bertz CT molecular complexity index is 728. The molecule has 2 rings (SSSR count). The molecule has 0 spiro atoms. The Hall–Kier alpha value is -1.40. The fourth-order valence-corrected chi connectivity index (χ4v) is 4.42. The number of carbonyl (C=O) groups is 1. The molecule has 1 aliphatic rings. The van der Waals surface area contributed by atoms with E-state index in [2.05, 4.69) is 51.2 Å². The number of nitrogens with one attached hydrogen (secondary N) is 1. The van der Waals surface area contributed by atoms with Crippen LogP contribution in [-0.2, 0) is 14.8 Å². The summed E-state index contributed by atoms with van der Waals surface area (Å²) in [5, 5.41) is 3.17. The summed E-state index contributed by atoms with van der Waals surface area (Å²) < 4.78 is 25.0. The van der Waals surface area contributed by atoms with Gasteiger partial charge in [-0.2, -0.15) is 0 Å². The Kier molecular flexibility index (Phi) is 6.27. The van der Waals surface area contributed by atoms with Crippen molar-refractivity contribution in [3.63, 3.8) is 0 Å². The number of sulfonamides is 1. The molecule has 0 unspecified atom stereocenters. The first-order valence-corrected chi connectivity index (χ1v) is 10.8. The molecule has 0 aromatic heterocycles. The molecule has 1 aromatic carbocycles. The highest BCUT2D eigenvalue weighted by atomic mass is 32.2. The van der Waals surface area contributed by atoms with Gasteiger partial charge < -0.3 is 5.32 Å². The smallest absolute Gasteiger partial charge is 0.224 e. The summed E-state index contributed by atoms with van der Waals surface area (Å²) in [6, 6.07) is 6.21. The van der Waals surface area contributed by atoms with E-state index in [9.17, 15) is 13.2 Å². The van der Waals surface area contributed by atoms with Gasteiger partial charge in [0.05, 0.1) is 18.2 Å². The molecule has 1 aliphatic heterocycles. The second-order valence-electron chi connectivity index (χ2n) is 7.55. The van der Waals surface area contributed by atoms with Gasteiger partial charge in [-0.3, -0.25) is 4.79 Å². The van der Waals surface area contributed by atoms with E-state index in [4.69, 9.17) is 0 Å². The average Bonchev–Trinajstić information content (AvgIpc) is 2.52. The zero-order chi connectivity index (χ0) is 18.8. The third kappa shape index (κ3) is 5.05. The maximum absolute atomic E-state index is 12.8. The topological polar surface area (TPSA) is 66.5 Å². The monoisotopic (exact) mass is 366 g/mol. The molecule has 1 aromatic rings. The zero-order valence-electron chi connectivity index (χ0n) is 15.9. The molecule has 1 heterocycles. The van der Waals surface area contributed by atoms with E-state index in [1.807, 2.05) is 0 Å². The summed E-state index contributed by atoms with van der Waals surface area (Å²) >= 11 is 0. The average molecular weight is 367 g/mol. The molecule has 0 saturated carbocycles. The van der Waals surface area contributed by atoms with Gasteiger partial charge in [-0.25, -0.2) is 12.7 Å². The molecule has 1 fully saturated rings. The first-order chi connectivity index (χ1) is 11.6. The maximum Gasteiger partial charge on any atom is 0.224 e. The van der Waals surface area contributed by atoms with E-state index in [0.29, 0.717) is 6.54 Å². The quantitative estimate of drug-likeness (QED) is 0.871. The van der Waals surface area contributed by atoms with Crippen LogP contribution in [0.2, 0.25) is 0 Å². The summed E-state index contributed by atoms with van der Waals surface area (Å²) in [5.41, 5.74) is 3.50. The Morgan fingerprint density at radius 2 is 1.96 bits per heavy atom. The highest BCUT2D eigenvalue weighted by Crippen LogP contribution is 2.27. The number of amides is 1. The number of carbonyl (C=O) groups excluding carboxylic acids is 1. The molecule has 140 valence electrons. The Balaban J connectivity index is 2.15. The lowest BCUT2D eigenvalue weighted by molar-refractivity contribution is -0.127. The predicted octanol–water partition coefficient (Wildman–Crippen LogP) is 2.79. The van der Waals surface area contributed by atoms with Gasteiger partial charge in [-0.05, 0) is 43.7 Å². The second kappa shape index (κ2) is 7.87. The van der Waals surface area contributed by atoms with Crippen molar-refractivity contribution in [3.8, 4) is 0 Å². The summed E-state index contributed by atoms with van der Waals surface area (Å²) in [4.78, 5) is 12.8. The van der Waals surface area contributed by atoms with Crippen molar-refractivity contribution in [1.29, 1.82) is 0 Å². The van der Waals surface area contributed by atoms with Crippen molar-refractivity contribution in [2.75, 3.05) is 19.3 Å². The van der Waals surface area contributed by atoms with Crippen molar-refractivity contribution in [2.24, 2.45) is 11.8 Å². The molecule has 0 bridgehead atoms. The van der Waals surface area contributed by atoms with Crippen molar-refractivity contribution in [2.45, 2.75) is 46.6 Å². The Morgan fingerprint density at radius 1 is 1.28 bits per heavy atom. The minimum atomic E-state index is -3.25. The molecule has 1 amide bonds. The number of piperidine rings is 1. The van der Waals surface area contributed by atoms with Crippen LogP contribution in [0.5, 0.6) is 0 Å². The Labute approximate surface area is 151 Å². The van der Waals surface area contributed by atoms with E-state index < -0.39 is 10.0 Å². The van der Waals surface area contributed by atoms with Gasteiger partial charge in [-0.15, -0.1) is 0 Å². The molecule has 0 radical (unpaired) electrons. The first-order valence-electron chi connectivity index (χ1n) is 8.92. The van der Waals surface area contributed by atoms with Gasteiger partial charge in [0.15, 0.2) is 0 Å². The molecular formula is C19H30N2O3S. The van der Waals surface area contributed by atoms with Crippen LogP contribution in [0.25, 0.3) is 0 Å². The van der Waals surface area contributed by atoms with Crippen LogP contribution < -0.4 is 5.32 Å². The second-order valence-corrected chi connectivity index (χ2v) is 9.53. The lowest BCUT2D eigenvalue weighted by atomic mass is 9.90. The third-order valence-corrected chi connectivity index (χ3v) is 6.22. The molecule has 1 saturated heterocycles. The minimum Gasteiger partial charge on any atom is -0.349 e. The number of aryl methyl sites for hydroxylation is 2. The van der Waals surface area contributed by atoms with E-state index in [1.165, 1.54) is 21.7 Å². The van der Waals surface area contributed by atoms with Crippen molar-refractivity contribution < 1.29 is 13.2 Å². The molecule has 1 N–H and O–H groups in total. The lowest BCUT2D eigenvalue weighted by Gasteiger charge is -2.32. The molecule has 2 atom stereocenters. The van der Waals surface area contributed by atoms with Crippen LogP contribution in [0.3, 0.4) is 0 Å².